The molecule has 17 heavy (non-hydrogen) atoms. The summed E-state index contributed by atoms with van der Waals surface area (Å²) >= 11 is 0. The summed E-state index contributed by atoms with van der Waals surface area (Å²) in [5.74, 6) is -0.354. The van der Waals surface area contributed by atoms with Crippen LogP contribution in [0.25, 0.3) is 0 Å². The molecule has 0 amide bonds. The zero-order valence-electron chi connectivity index (χ0n) is 10.1. The van der Waals surface area contributed by atoms with Crippen molar-refractivity contribution in [3.8, 4) is 5.75 Å². The highest BCUT2D eigenvalue weighted by molar-refractivity contribution is 5.72. The maximum absolute atomic E-state index is 11.2. The van der Waals surface area contributed by atoms with Gasteiger partial charge < -0.3 is 15.2 Å². The molecule has 4 heteroatoms. The van der Waals surface area contributed by atoms with Gasteiger partial charge in [0, 0.05) is 19.0 Å². The zero-order valence-corrected chi connectivity index (χ0v) is 10.1. The highest BCUT2D eigenvalue weighted by Crippen LogP contribution is 2.35. The number of ether oxygens (including phenoxy) is 1. The molecule has 0 radical (unpaired) electrons. The van der Waals surface area contributed by atoms with Crippen LogP contribution in [-0.4, -0.2) is 31.3 Å². The number of carbonyl (C=O) groups is 1. The molecule has 1 aromatic rings. The Morgan fingerprint density at radius 1 is 1.47 bits per heavy atom. The first-order valence-electron chi connectivity index (χ1n) is 5.71. The topological polar surface area (TPSA) is 58.6 Å². The molecule has 1 heterocycles. The van der Waals surface area contributed by atoms with Gasteiger partial charge in [0.2, 0.25) is 0 Å². The Morgan fingerprint density at radius 3 is 2.88 bits per heavy atom. The molecule has 1 aliphatic rings. The molecular formula is C13H17NO3. The van der Waals surface area contributed by atoms with Crippen LogP contribution >= 0.6 is 0 Å². The maximum atomic E-state index is 11.2. The first-order chi connectivity index (χ1) is 8.13. The number of methoxy groups -OCH3 is 1. The number of benzene rings is 1. The van der Waals surface area contributed by atoms with Crippen LogP contribution in [0.2, 0.25) is 0 Å². The van der Waals surface area contributed by atoms with Gasteiger partial charge in [0.1, 0.15) is 5.75 Å². The van der Waals surface area contributed by atoms with Crippen molar-refractivity contribution < 1.29 is 14.6 Å². The summed E-state index contributed by atoms with van der Waals surface area (Å²) < 4.78 is 5.32. The lowest BCUT2D eigenvalue weighted by atomic mass is 9.87. The number of nitrogens with one attached hydrogen (secondary N) is 1. The zero-order chi connectivity index (χ0) is 12.4. The van der Waals surface area contributed by atoms with E-state index in [0.29, 0.717) is 13.1 Å². The van der Waals surface area contributed by atoms with Gasteiger partial charge in [-0.1, -0.05) is 17.7 Å². The number of aliphatic carboxylic acids is 1. The monoisotopic (exact) mass is 235 g/mol. The van der Waals surface area contributed by atoms with E-state index in [1.165, 1.54) is 0 Å². The van der Waals surface area contributed by atoms with Crippen molar-refractivity contribution in [2.75, 3.05) is 20.2 Å². The van der Waals surface area contributed by atoms with Crippen molar-refractivity contribution >= 4 is 5.97 Å². The van der Waals surface area contributed by atoms with Crippen molar-refractivity contribution in [1.29, 1.82) is 0 Å². The molecule has 1 aliphatic heterocycles. The smallest absolute Gasteiger partial charge is 0.308 e. The predicted octanol–water partition coefficient (Wildman–Crippen LogP) is 1.39. The van der Waals surface area contributed by atoms with E-state index in [0.717, 1.165) is 16.9 Å². The lowest BCUT2D eigenvalue weighted by molar-refractivity contribution is -0.141. The fraction of sp³-hybridized carbons (Fsp3) is 0.462. The molecule has 2 N–H and O–H groups in total. The fourth-order valence-electron chi connectivity index (χ4n) is 2.41. The Kier molecular flexibility index (Phi) is 3.33. The SMILES string of the molecule is COc1ccc(C)cc1[C@@H]1CNC[C@H]1C(=O)O. The molecule has 0 saturated carbocycles. The molecule has 2 rings (SSSR count). The molecule has 92 valence electrons. The number of hydrogen-bond acceptors (Lipinski definition) is 3. The van der Waals surface area contributed by atoms with Crippen LogP contribution < -0.4 is 10.1 Å². The first kappa shape index (κ1) is 11.9. The molecule has 0 bridgehead atoms. The van der Waals surface area contributed by atoms with Crippen molar-refractivity contribution in [3.63, 3.8) is 0 Å². The summed E-state index contributed by atoms with van der Waals surface area (Å²) in [5.41, 5.74) is 2.11. The molecule has 4 nitrogen and oxygen atoms in total. The van der Waals surface area contributed by atoms with Crippen LogP contribution in [0, 0.1) is 12.8 Å². The minimum absolute atomic E-state index is 0.0117. The molecule has 1 aromatic carbocycles. The van der Waals surface area contributed by atoms with Gasteiger partial charge in [-0.25, -0.2) is 0 Å². The second kappa shape index (κ2) is 4.75. The van der Waals surface area contributed by atoms with E-state index in [9.17, 15) is 9.90 Å². The Bertz CT molecular complexity index is 431. The first-order valence-corrected chi connectivity index (χ1v) is 5.71. The molecule has 1 fully saturated rings. The average Bonchev–Trinajstić information content (AvgIpc) is 2.77. The molecular weight excluding hydrogens is 218 g/mol. The van der Waals surface area contributed by atoms with E-state index in [1.54, 1.807) is 7.11 Å². The van der Waals surface area contributed by atoms with Gasteiger partial charge in [-0.2, -0.15) is 0 Å². The molecule has 1 saturated heterocycles. The number of aryl methyl sites for hydroxylation is 1. The van der Waals surface area contributed by atoms with Crippen LogP contribution in [0.3, 0.4) is 0 Å². The lowest BCUT2D eigenvalue weighted by Gasteiger charge is -2.18. The van der Waals surface area contributed by atoms with Crippen LogP contribution in [-0.2, 0) is 4.79 Å². The number of rotatable bonds is 3. The molecule has 0 aromatic heterocycles. The molecule has 0 aliphatic carbocycles. The minimum Gasteiger partial charge on any atom is -0.496 e. The quantitative estimate of drug-likeness (QED) is 0.831. The van der Waals surface area contributed by atoms with Crippen molar-refractivity contribution in [2.24, 2.45) is 5.92 Å². The summed E-state index contributed by atoms with van der Waals surface area (Å²) in [6, 6.07) is 5.90. The third kappa shape index (κ3) is 2.26. The lowest BCUT2D eigenvalue weighted by Crippen LogP contribution is -2.21. The maximum Gasteiger partial charge on any atom is 0.308 e. The summed E-state index contributed by atoms with van der Waals surface area (Å²) in [6.45, 7) is 3.22. The summed E-state index contributed by atoms with van der Waals surface area (Å²) in [6.07, 6.45) is 0. The predicted molar refractivity (Wildman–Crippen MR) is 64.5 cm³/mol. The Balaban J connectivity index is 2.38. The second-order valence-electron chi connectivity index (χ2n) is 4.45. The van der Waals surface area contributed by atoms with E-state index in [2.05, 4.69) is 5.32 Å². The Labute approximate surface area is 101 Å². The second-order valence-corrected chi connectivity index (χ2v) is 4.45. The Hall–Kier alpha value is -1.55. The molecule has 0 unspecified atom stereocenters. The highest BCUT2D eigenvalue weighted by atomic mass is 16.5. The summed E-state index contributed by atoms with van der Waals surface area (Å²) in [7, 11) is 1.62. The van der Waals surface area contributed by atoms with Gasteiger partial charge in [0.25, 0.3) is 0 Å². The number of carboxylic acids is 1. The van der Waals surface area contributed by atoms with E-state index in [1.807, 2.05) is 25.1 Å². The van der Waals surface area contributed by atoms with Gasteiger partial charge in [0.05, 0.1) is 13.0 Å². The number of hydrogen-bond donors (Lipinski definition) is 2. The third-order valence-electron chi connectivity index (χ3n) is 3.32. The fourth-order valence-corrected chi connectivity index (χ4v) is 2.41. The standard InChI is InChI=1S/C13H17NO3/c1-8-3-4-12(17-2)9(5-8)10-6-14-7-11(10)13(15)16/h3-5,10-11,14H,6-7H2,1-2H3,(H,15,16)/t10-,11+/m0/s1. The summed E-state index contributed by atoms with van der Waals surface area (Å²) in [4.78, 5) is 11.2. The van der Waals surface area contributed by atoms with E-state index >= 15 is 0 Å². The molecule has 2 atom stereocenters. The third-order valence-corrected chi connectivity index (χ3v) is 3.32. The van der Waals surface area contributed by atoms with Crippen LogP contribution in [0.15, 0.2) is 18.2 Å². The minimum atomic E-state index is -0.747. The van der Waals surface area contributed by atoms with Gasteiger partial charge in [-0.15, -0.1) is 0 Å². The molecule has 0 spiro atoms. The van der Waals surface area contributed by atoms with E-state index < -0.39 is 5.97 Å². The Morgan fingerprint density at radius 2 is 2.24 bits per heavy atom. The van der Waals surface area contributed by atoms with Gasteiger partial charge in [-0.3, -0.25) is 4.79 Å². The average molecular weight is 235 g/mol. The van der Waals surface area contributed by atoms with Crippen molar-refractivity contribution in [3.05, 3.63) is 29.3 Å². The van der Waals surface area contributed by atoms with Crippen LogP contribution in [0.1, 0.15) is 17.0 Å². The van der Waals surface area contributed by atoms with Crippen molar-refractivity contribution in [2.45, 2.75) is 12.8 Å². The van der Waals surface area contributed by atoms with Gasteiger partial charge >= 0.3 is 5.97 Å². The highest BCUT2D eigenvalue weighted by Gasteiger charge is 2.35. The normalized spacial score (nSPS) is 23.6. The van der Waals surface area contributed by atoms with Crippen LogP contribution in [0.4, 0.5) is 0 Å². The van der Waals surface area contributed by atoms with E-state index in [4.69, 9.17) is 4.74 Å². The largest absolute Gasteiger partial charge is 0.496 e. The van der Waals surface area contributed by atoms with Crippen LogP contribution in [0.5, 0.6) is 5.75 Å². The van der Waals surface area contributed by atoms with Crippen molar-refractivity contribution in [1.82, 2.24) is 5.32 Å². The van der Waals surface area contributed by atoms with Gasteiger partial charge in [0.15, 0.2) is 0 Å². The number of carboxylic acid groups (broad SMARTS) is 1. The van der Waals surface area contributed by atoms with Gasteiger partial charge in [-0.05, 0) is 18.6 Å². The summed E-state index contributed by atoms with van der Waals surface area (Å²) in [5, 5.41) is 12.3. The van der Waals surface area contributed by atoms with E-state index in [-0.39, 0.29) is 11.8 Å².